The lowest BCUT2D eigenvalue weighted by Crippen LogP contribution is -2.04. The van der Waals surface area contributed by atoms with Gasteiger partial charge in [0.05, 0.1) is 0 Å². The van der Waals surface area contributed by atoms with Crippen molar-refractivity contribution in [3.05, 3.63) is 29.6 Å². The number of nitrogens with two attached hydrogens (primary N) is 1. The lowest BCUT2D eigenvalue weighted by atomic mass is 10.1. The number of anilines is 1. The highest BCUT2D eigenvalue weighted by atomic mass is 79.9. The van der Waals surface area contributed by atoms with Gasteiger partial charge in [-0.05, 0) is 19.1 Å². The highest BCUT2D eigenvalue weighted by molar-refractivity contribution is 9.09. The van der Waals surface area contributed by atoms with Gasteiger partial charge >= 0.3 is 0 Å². The second-order valence-corrected chi connectivity index (χ2v) is 3.67. The van der Waals surface area contributed by atoms with Crippen molar-refractivity contribution in [3.8, 4) is 0 Å². The zero-order chi connectivity index (χ0) is 10.0. The summed E-state index contributed by atoms with van der Waals surface area (Å²) in [5, 5.41) is 0. The number of hydrogen-bond acceptors (Lipinski definition) is 2. The van der Waals surface area contributed by atoms with Gasteiger partial charge < -0.3 is 5.73 Å². The third-order valence-corrected chi connectivity index (χ3v) is 2.79. The van der Waals surface area contributed by atoms with E-state index in [1.165, 1.54) is 19.1 Å². The van der Waals surface area contributed by atoms with E-state index in [1.807, 2.05) is 0 Å². The van der Waals surface area contributed by atoms with Crippen molar-refractivity contribution in [3.63, 3.8) is 0 Å². The number of halogens is 2. The number of Topliss-reactive ketones (excluding diaryl/α,β-unsaturated/α-hetero) is 1. The summed E-state index contributed by atoms with van der Waals surface area (Å²) < 4.78 is 13.2. The molecule has 1 unspecified atom stereocenters. The van der Waals surface area contributed by atoms with Crippen LogP contribution in [-0.2, 0) is 4.79 Å². The van der Waals surface area contributed by atoms with Gasteiger partial charge in [0, 0.05) is 11.3 Å². The van der Waals surface area contributed by atoms with E-state index < -0.39 is 10.6 Å². The first-order valence-electron chi connectivity index (χ1n) is 3.72. The molecular weight excluding hydrogens is 237 g/mol. The number of ketones is 1. The Bertz CT molecular complexity index is 340. The molecule has 1 atom stereocenters. The summed E-state index contributed by atoms with van der Waals surface area (Å²) in [6, 6.07) is 4.27. The summed E-state index contributed by atoms with van der Waals surface area (Å²) in [5.41, 5.74) is 6.04. The number of benzene rings is 1. The SMILES string of the molecule is CC(=O)C(Br)c1ccc(N)cc1F. The summed E-state index contributed by atoms with van der Waals surface area (Å²) in [5.74, 6) is -0.597. The molecule has 1 rings (SSSR count). The van der Waals surface area contributed by atoms with Crippen molar-refractivity contribution < 1.29 is 9.18 Å². The predicted molar refractivity (Wildman–Crippen MR) is 53.2 cm³/mol. The summed E-state index contributed by atoms with van der Waals surface area (Å²) in [4.78, 5) is 10.3. The van der Waals surface area contributed by atoms with Crippen LogP contribution in [0, 0.1) is 5.82 Å². The Morgan fingerprint density at radius 1 is 1.62 bits per heavy atom. The first-order valence-corrected chi connectivity index (χ1v) is 4.63. The molecule has 0 fully saturated rings. The molecule has 4 heteroatoms. The summed E-state index contributed by atoms with van der Waals surface area (Å²) >= 11 is 3.10. The number of carbonyl (C=O) groups excluding carboxylic acids is 1. The summed E-state index contributed by atoms with van der Waals surface area (Å²) in [6.07, 6.45) is 0. The number of nitrogen functional groups attached to an aromatic ring is 1. The maximum atomic E-state index is 13.2. The molecule has 0 radical (unpaired) electrons. The van der Waals surface area contributed by atoms with Crippen LogP contribution in [0.1, 0.15) is 17.3 Å². The molecule has 0 bridgehead atoms. The second-order valence-electron chi connectivity index (χ2n) is 2.75. The van der Waals surface area contributed by atoms with Crippen molar-refractivity contribution in [2.24, 2.45) is 0 Å². The molecule has 1 aromatic carbocycles. The molecule has 70 valence electrons. The normalized spacial score (nSPS) is 12.5. The van der Waals surface area contributed by atoms with Gasteiger partial charge in [-0.25, -0.2) is 4.39 Å². The number of rotatable bonds is 2. The number of hydrogen-bond donors (Lipinski definition) is 1. The Labute approximate surface area is 84.1 Å². The van der Waals surface area contributed by atoms with E-state index in [9.17, 15) is 9.18 Å². The van der Waals surface area contributed by atoms with Crippen LogP contribution < -0.4 is 5.73 Å². The summed E-state index contributed by atoms with van der Waals surface area (Å²) in [7, 11) is 0. The average molecular weight is 246 g/mol. The minimum absolute atomic E-state index is 0.135. The molecule has 1 aromatic rings. The van der Waals surface area contributed by atoms with E-state index in [1.54, 1.807) is 6.07 Å². The zero-order valence-corrected chi connectivity index (χ0v) is 8.64. The molecule has 13 heavy (non-hydrogen) atoms. The molecule has 0 saturated carbocycles. The molecule has 0 aromatic heterocycles. The monoisotopic (exact) mass is 245 g/mol. The largest absolute Gasteiger partial charge is 0.399 e. The molecule has 0 aliphatic heterocycles. The molecule has 0 saturated heterocycles. The molecule has 2 N–H and O–H groups in total. The van der Waals surface area contributed by atoms with Gasteiger partial charge in [-0.2, -0.15) is 0 Å². The molecule has 2 nitrogen and oxygen atoms in total. The maximum Gasteiger partial charge on any atom is 0.147 e. The molecule has 0 aliphatic rings. The molecule has 0 amide bonds. The number of carbonyl (C=O) groups is 1. The van der Waals surface area contributed by atoms with E-state index in [0.29, 0.717) is 11.3 Å². The minimum atomic E-state index is -0.590. The first-order chi connectivity index (χ1) is 6.02. The standard InChI is InChI=1S/C9H9BrFNO/c1-5(13)9(10)7-3-2-6(12)4-8(7)11/h2-4,9H,12H2,1H3. The van der Waals surface area contributed by atoms with Crippen molar-refractivity contribution in [2.45, 2.75) is 11.8 Å². The van der Waals surface area contributed by atoms with Crippen LogP contribution in [0.5, 0.6) is 0 Å². The highest BCUT2D eigenvalue weighted by Crippen LogP contribution is 2.27. The van der Waals surface area contributed by atoms with Crippen LogP contribution >= 0.6 is 15.9 Å². The second kappa shape index (κ2) is 3.87. The molecular formula is C9H9BrFNO. The maximum absolute atomic E-state index is 13.2. The molecule has 0 aliphatic carbocycles. The third kappa shape index (κ3) is 2.28. The van der Waals surface area contributed by atoms with E-state index in [4.69, 9.17) is 5.73 Å². The van der Waals surface area contributed by atoms with Crippen LogP contribution in [0.3, 0.4) is 0 Å². The van der Waals surface area contributed by atoms with Gasteiger partial charge in [0.2, 0.25) is 0 Å². The highest BCUT2D eigenvalue weighted by Gasteiger charge is 2.16. The first kappa shape index (κ1) is 10.2. The van der Waals surface area contributed by atoms with Crippen LogP contribution in [-0.4, -0.2) is 5.78 Å². The quantitative estimate of drug-likeness (QED) is 0.643. The Hall–Kier alpha value is -0.900. The Morgan fingerprint density at radius 2 is 2.23 bits per heavy atom. The van der Waals surface area contributed by atoms with Crippen LogP contribution in [0.25, 0.3) is 0 Å². The van der Waals surface area contributed by atoms with E-state index in [-0.39, 0.29) is 5.78 Å². The Balaban J connectivity index is 3.08. The van der Waals surface area contributed by atoms with Gasteiger partial charge in [0.25, 0.3) is 0 Å². The lowest BCUT2D eigenvalue weighted by molar-refractivity contribution is -0.116. The molecule has 0 heterocycles. The van der Waals surface area contributed by atoms with Crippen molar-refractivity contribution >= 4 is 27.4 Å². The van der Waals surface area contributed by atoms with Gasteiger partial charge in [0.15, 0.2) is 0 Å². The van der Waals surface area contributed by atoms with Crippen LogP contribution in [0.4, 0.5) is 10.1 Å². The van der Waals surface area contributed by atoms with Crippen molar-refractivity contribution in [1.82, 2.24) is 0 Å². The van der Waals surface area contributed by atoms with E-state index in [2.05, 4.69) is 15.9 Å². The fourth-order valence-electron chi connectivity index (χ4n) is 0.968. The third-order valence-electron chi connectivity index (χ3n) is 1.65. The van der Waals surface area contributed by atoms with Crippen LogP contribution in [0.2, 0.25) is 0 Å². The van der Waals surface area contributed by atoms with Gasteiger partial charge in [-0.15, -0.1) is 0 Å². The van der Waals surface area contributed by atoms with Gasteiger partial charge in [0.1, 0.15) is 16.4 Å². The predicted octanol–water partition coefficient (Wildman–Crippen LogP) is 2.43. The Morgan fingerprint density at radius 3 is 2.69 bits per heavy atom. The van der Waals surface area contributed by atoms with Gasteiger partial charge in [-0.1, -0.05) is 22.0 Å². The zero-order valence-electron chi connectivity index (χ0n) is 7.05. The average Bonchev–Trinajstić information content (AvgIpc) is 2.03. The Kier molecular flexibility index (Phi) is 3.03. The van der Waals surface area contributed by atoms with E-state index >= 15 is 0 Å². The topological polar surface area (TPSA) is 43.1 Å². The van der Waals surface area contributed by atoms with Crippen LogP contribution in [0.15, 0.2) is 18.2 Å². The smallest absolute Gasteiger partial charge is 0.147 e. The molecule has 0 spiro atoms. The van der Waals surface area contributed by atoms with Crippen molar-refractivity contribution in [1.29, 1.82) is 0 Å². The fourth-order valence-corrected chi connectivity index (χ4v) is 1.34. The van der Waals surface area contributed by atoms with Crippen molar-refractivity contribution in [2.75, 3.05) is 5.73 Å². The lowest BCUT2D eigenvalue weighted by Gasteiger charge is -2.07. The fraction of sp³-hybridized carbons (Fsp3) is 0.222. The summed E-state index contributed by atoms with van der Waals surface area (Å²) in [6.45, 7) is 1.40. The number of alkyl halides is 1. The minimum Gasteiger partial charge on any atom is -0.399 e. The van der Waals surface area contributed by atoms with Gasteiger partial charge in [-0.3, -0.25) is 4.79 Å². The van der Waals surface area contributed by atoms with E-state index in [0.717, 1.165) is 0 Å².